The van der Waals surface area contributed by atoms with Gasteiger partial charge in [0.15, 0.2) is 0 Å². The highest BCUT2D eigenvalue weighted by molar-refractivity contribution is 5.84. The van der Waals surface area contributed by atoms with Crippen LogP contribution in [-0.4, -0.2) is 72.3 Å². The van der Waals surface area contributed by atoms with Crippen LogP contribution in [0.5, 0.6) is 0 Å². The van der Waals surface area contributed by atoms with Crippen LogP contribution in [0.25, 0.3) is 0 Å². The quantitative estimate of drug-likeness (QED) is 0.710. The normalized spacial score (nSPS) is 28.4. The van der Waals surface area contributed by atoms with Crippen molar-refractivity contribution in [2.24, 2.45) is 17.3 Å². The van der Waals surface area contributed by atoms with E-state index in [0.29, 0.717) is 18.4 Å². The van der Waals surface area contributed by atoms with E-state index in [1.165, 1.54) is 18.4 Å². The van der Waals surface area contributed by atoms with Crippen molar-refractivity contribution in [2.75, 3.05) is 45.8 Å². The molecule has 2 aliphatic heterocycles. The minimum Gasteiger partial charge on any atom is -0.342 e. The molecule has 1 aliphatic carbocycles. The molecule has 0 aromatic rings. The van der Waals surface area contributed by atoms with Gasteiger partial charge in [-0.2, -0.15) is 0 Å². The smallest absolute Gasteiger partial charge is 0.236 e. The van der Waals surface area contributed by atoms with E-state index in [-0.39, 0.29) is 17.2 Å². The van der Waals surface area contributed by atoms with Gasteiger partial charge in [0.2, 0.25) is 11.8 Å². The van der Waals surface area contributed by atoms with E-state index in [1.807, 2.05) is 9.80 Å². The minimum absolute atomic E-state index is 0.0776. The number of piperazine rings is 1. The molecule has 2 amide bonds. The van der Waals surface area contributed by atoms with Crippen LogP contribution in [0.2, 0.25) is 0 Å². The number of hydrogen-bond donors (Lipinski definition) is 0. The Morgan fingerprint density at radius 3 is 2.04 bits per heavy atom. The molecule has 0 bridgehead atoms. The first-order valence-electron chi connectivity index (χ1n) is 10.7. The molecule has 3 rings (SSSR count). The third-order valence-electron chi connectivity index (χ3n) is 6.69. The largest absolute Gasteiger partial charge is 0.342 e. The first kappa shape index (κ1) is 20.4. The first-order chi connectivity index (χ1) is 12.8. The summed E-state index contributed by atoms with van der Waals surface area (Å²) in [6, 6.07) is 0. The Morgan fingerprint density at radius 1 is 0.889 bits per heavy atom. The monoisotopic (exact) mass is 375 g/mol. The van der Waals surface area contributed by atoms with Gasteiger partial charge in [-0.15, -0.1) is 0 Å². The maximum atomic E-state index is 13.0. The second-order valence-corrected chi connectivity index (χ2v) is 9.47. The number of allylic oxidation sites excluding steroid dienone is 2. The Balaban J connectivity index is 1.47. The maximum Gasteiger partial charge on any atom is 0.236 e. The number of carbonyl (C=O) groups excluding carboxylic acids is 2. The Morgan fingerprint density at radius 2 is 1.48 bits per heavy atom. The van der Waals surface area contributed by atoms with E-state index in [0.717, 1.165) is 52.1 Å². The van der Waals surface area contributed by atoms with Crippen molar-refractivity contribution in [2.45, 2.75) is 53.4 Å². The summed E-state index contributed by atoms with van der Waals surface area (Å²) in [5.74, 6) is 1.07. The second-order valence-electron chi connectivity index (χ2n) is 9.47. The standard InChI is InChI=1S/C22H37N3O2/c1-17(2)15-18-20(22(18,3)4)21(27)25-13-11-23(12-14-25)16-19(26)24-9-7-5-6-8-10-24/h15,18,20H,5-14,16H2,1-4H3. The summed E-state index contributed by atoms with van der Waals surface area (Å²) in [5.41, 5.74) is 1.37. The van der Waals surface area contributed by atoms with Gasteiger partial charge in [0, 0.05) is 39.3 Å². The summed E-state index contributed by atoms with van der Waals surface area (Å²) in [6.45, 7) is 14.1. The van der Waals surface area contributed by atoms with Crippen LogP contribution in [0, 0.1) is 17.3 Å². The highest BCUT2D eigenvalue weighted by Gasteiger charge is 2.61. The molecule has 1 saturated carbocycles. The lowest BCUT2D eigenvalue weighted by Crippen LogP contribution is -2.52. The average Bonchev–Trinajstić information content (AvgIpc) is 3.26. The zero-order valence-corrected chi connectivity index (χ0v) is 17.7. The molecule has 152 valence electrons. The third-order valence-corrected chi connectivity index (χ3v) is 6.69. The van der Waals surface area contributed by atoms with Crippen molar-refractivity contribution in [3.8, 4) is 0 Å². The summed E-state index contributed by atoms with van der Waals surface area (Å²) in [4.78, 5) is 31.9. The Hall–Kier alpha value is -1.36. The van der Waals surface area contributed by atoms with Crippen LogP contribution in [0.1, 0.15) is 53.4 Å². The molecule has 0 aromatic carbocycles. The van der Waals surface area contributed by atoms with Crippen LogP contribution in [0.15, 0.2) is 11.6 Å². The van der Waals surface area contributed by atoms with Crippen molar-refractivity contribution in [3.63, 3.8) is 0 Å². The molecule has 2 unspecified atom stereocenters. The van der Waals surface area contributed by atoms with Gasteiger partial charge in [0.25, 0.3) is 0 Å². The SMILES string of the molecule is CC(C)=CC1C(C(=O)N2CCN(CC(=O)N3CCCCCC3)CC2)C1(C)C. The number of likely N-dealkylation sites (tertiary alicyclic amines) is 1. The fraction of sp³-hybridized carbons (Fsp3) is 0.818. The highest BCUT2D eigenvalue weighted by atomic mass is 16.2. The summed E-state index contributed by atoms with van der Waals surface area (Å²) >= 11 is 0. The Labute approximate surface area is 164 Å². The number of nitrogens with zero attached hydrogens (tertiary/aromatic N) is 3. The third kappa shape index (κ3) is 4.74. The Bertz CT molecular complexity index is 578. The number of hydrogen-bond acceptors (Lipinski definition) is 3. The molecule has 2 saturated heterocycles. The summed E-state index contributed by atoms with van der Waals surface area (Å²) in [7, 11) is 0. The van der Waals surface area contributed by atoms with E-state index in [9.17, 15) is 9.59 Å². The van der Waals surface area contributed by atoms with E-state index in [1.54, 1.807) is 0 Å². The molecule has 3 fully saturated rings. The molecule has 0 spiro atoms. The molecule has 0 N–H and O–H groups in total. The molecule has 0 radical (unpaired) electrons. The molecule has 2 atom stereocenters. The summed E-state index contributed by atoms with van der Waals surface area (Å²) in [5, 5.41) is 0. The van der Waals surface area contributed by atoms with Crippen molar-refractivity contribution >= 4 is 11.8 Å². The summed E-state index contributed by atoms with van der Waals surface area (Å²) < 4.78 is 0. The van der Waals surface area contributed by atoms with Crippen LogP contribution in [-0.2, 0) is 9.59 Å². The lowest BCUT2D eigenvalue weighted by molar-refractivity contribution is -0.136. The predicted octanol–water partition coefficient (Wildman–Crippen LogP) is 2.77. The zero-order chi connectivity index (χ0) is 19.6. The molecule has 0 aromatic heterocycles. The van der Waals surface area contributed by atoms with Crippen molar-refractivity contribution in [3.05, 3.63) is 11.6 Å². The fourth-order valence-electron chi connectivity index (χ4n) is 4.75. The van der Waals surface area contributed by atoms with Crippen molar-refractivity contribution in [1.82, 2.24) is 14.7 Å². The number of amides is 2. The minimum atomic E-state index is 0.0776. The molecule has 27 heavy (non-hydrogen) atoms. The molecular formula is C22H37N3O2. The molecule has 5 heteroatoms. The van der Waals surface area contributed by atoms with Gasteiger partial charge in [-0.3, -0.25) is 14.5 Å². The average molecular weight is 376 g/mol. The predicted molar refractivity (Wildman–Crippen MR) is 108 cm³/mol. The van der Waals surface area contributed by atoms with E-state index < -0.39 is 0 Å². The van der Waals surface area contributed by atoms with Gasteiger partial charge in [-0.1, -0.05) is 38.3 Å². The second kappa shape index (κ2) is 8.34. The van der Waals surface area contributed by atoms with Gasteiger partial charge in [0.1, 0.15) is 0 Å². The van der Waals surface area contributed by atoms with Gasteiger partial charge < -0.3 is 9.80 Å². The van der Waals surface area contributed by atoms with E-state index >= 15 is 0 Å². The van der Waals surface area contributed by atoms with Gasteiger partial charge in [-0.05, 0) is 38.0 Å². The van der Waals surface area contributed by atoms with Gasteiger partial charge in [0.05, 0.1) is 12.5 Å². The van der Waals surface area contributed by atoms with E-state index in [2.05, 4.69) is 38.7 Å². The zero-order valence-electron chi connectivity index (χ0n) is 17.7. The number of rotatable bonds is 4. The van der Waals surface area contributed by atoms with Gasteiger partial charge in [-0.25, -0.2) is 0 Å². The van der Waals surface area contributed by atoms with Crippen LogP contribution in [0.3, 0.4) is 0 Å². The fourth-order valence-corrected chi connectivity index (χ4v) is 4.75. The van der Waals surface area contributed by atoms with Gasteiger partial charge >= 0.3 is 0 Å². The maximum absolute atomic E-state index is 13.0. The lowest BCUT2D eigenvalue weighted by atomic mass is 10.1. The Kier molecular flexibility index (Phi) is 6.29. The summed E-state index contributed by atoms with van der Waals surface area (Å²) in [6.07, 6.45) is 7.03. The topological polar surface area (TPSA) is 43.9 Å². The number of carbonyl (C=O) groups is 2. The molecular weight excluding hydrogens is 338 g/mol. The highest BCUT2D eigenvalue weighted by Crippen LogP contribution is 2.60. The van der Waals surface area contributed by atoms with Crippen LogP contribution >= 0.6 is 0 Å². The van der Waals surface area contributed by atoms with Crippen LogP contribution < -0.4 is 0 Å². The molecule has 2 heterocycles. The molecule has 5 nitrogen and oxygen atoms in total. The molecule has 3 aliphatic rings. The van der Waals surface area contributed by atoms with Crippen molar-refractivity contribution < 1.29 is 9.59 Å². The van der Waals surface area contributed by atoms with Crippen LogP contribution in [0.4, 0.5) is 0 Å². The van der Waals surface area contributed by atoms with E-state index in [4.69, 9.17) is 0 Å². The first-order valence-corrected chi connectivity index (χ1v) is 10.7. The van der Waals surface area contributed by atoms with Crippen molar-refractivity contribution in [1.29, 1.82) is 0 Å². The lowest BCUT2D eigenvalue weighted by Gasteiger charge is -2.35.